The average Bonchev–Trinajstić information content (AvgIpc) is 2.41. The minimum Gasteiger partial charge on any atom is -0.317 e. The summed E-state index contributed by atoms with van der Waals surface area (Å²) in [5.74, 6) is 0. The van der Waals surface area contributed by atoms with Gasteiger partial charge in [-0.1, -0.05) is 0 Å². The molecule has 0 saturated carbocycles. The molecule has 0 aromatic carbocycles. The molecule has 2 heterocycles. The lowest BCUT2D eigenvalue weighted by Gasteiger charge is -2.28. The molecule has 0 aliphatic carbocycles. The molecule has 2 saturated heterocycles. The van der Waals surface area contributed by atoms with Crippen molar-refractivity contribution in [2.45, 2.75) is 37.8 Å². The monoisotopic (exact) mass is 256 g/mol. The van der Waals surface area contributed by atoms with E-state index in [0.717, 1.165) is 12.1 Å². The smallest absolute Gasteiger partial charge is 0.00884 e. The van der Waals surface area contributed by atoms with E-state index in [1.165, 1.54) is 51.9 Å². The van der Waals surface area contributed by atoms with E-state index in [9.17, 15) is 0 Å². The lowest BCUT2D eigenvalue weighted by Crippen LogP contribution is -2.39. The zero-order valence-electron chi connectivity index (χ0n) is 12.7. The van der Waals surface area contributed by atoms with Gasteiger partial charge in [-0.05, 0) is 80.1 Å². The lowest BCUT2D eigenvalue weighted by atomic mass is 10.1. The molecule has 0 aromatic heterocycles. The van der Waals surface area contributed by atoms with Crippen molar-refractivity contribution >= 4 is 0 Å². The fourth-order valence-electron chi connectivity index (χ4n) is 2.59. The first-order valence-corrected chi connectivity index (χ1v) is 7.37. The van der Waals surface area contributed by atoms with Gasteiger partial charge in [-0.15, -0.1) is 0 Å². The van der Waals surface area contributed by atoms with Crippen molar-refractivity contribution in [1.82, 2.24) is 20.4 Å². The summed E-state index contributed by atoms with van der Waals surface area (Å²) in [6.07, 6.45) is 5.25. The lowest BCUT2D eigenvalue weighted by molar-refractivity contribution is 0.240. The highest BCUT2D eigenvalue weighted by Gasteiger charge is 2.14. The van der Waals surface area contributed by atoms with E-state index in [-0.39, 0.29) is 0 Å². The van der Waals surface area contributed by atoms with E-state index < -0.39 is 0 Å². The van der Waals surface area contributed by atoms with Crippen LogP contribution in [0.5, 0.6) is 0 Å². The highest BCUT2D eigenvalue weighted by Crippen LogP contribution is 2.07. The van der Waals surface area contributed by atoms with Crippen molar-refractivity contribution in [1.29, 1.82) is 0 Å². The van der Waals surface area contributed by atoms with Crippen LogP contribution in [0.2, 0.25) is 0 Å². The minimum atomic E-state index is 0.779. The molecule has 4 nitrogen and oxygen atoms in total. The Morgan fingerprint density at radius 3 is 1.17 bits per heavy atom. The second-order valence-electron chi connectivity index (χ2n) is 5.73. The Labute approximate surface area is 113 Å². The normalized spacial score (nSPS) is 24.7. The third-order valence-corrected chi connectivity index (χ3v) is 4.25. The summed E-state index contributed by atoms with van der Waals surface area (Å²) in [6.45, 7) is 5.02. The topological polar surface area (TPSA) is 30.5 Å². The van der Waals surface area contributed by atoms with E-state index in [4.69, 9.17) is 0 Å². The fraction of sp³-hybridized carbons (Fsp3) is 1.00. The Bertz CT molecular complexity index is 172. The molecule has 18 heavy (non-hydrogen) atoms. The number of rotatable bonds is 2. The number of nitrogens with zero attached hydrogens (tertiary/aromatic N) is 2. The molecule has 0 amide bonds. The molecule has 108 valence electrons. The Morgan fingerprint density at radius 2 is 0.944 bits per heavy atom. The van der Waals surface area contributed by atoms with Gasteiger partial charge in [0.2, 0.25) is 0 Å². The Morgan fingerprint density at radius 1 is 0.667 bits per heavy atom. The molecule has 0 bridgehead atoms. The van der Waals surface area contributed by atoms with Gasteiger partial charge in [0.05, 0.1) is 0 Å². The number of piperidine rings is 2. The van der Waals surface area contributed by atoms with Crippen molar-refractivity contribution in [2.75, 3.05) is 54.4 Å². The standard InChI is InChI=1S/2C7H16N2/c2*1-8-7-3-5-9(2)6-4-7/h2*7-8H,3-6H2,1-2H3. The minimum absolute atomic E-state index is 0.779. The highest BCUT2D eigenvalue weighted by molar-refractivity contribution is 4.73. The SMILES string of the molecule is CNC1CCN(C)CC1.CNC1CCN(C)CC1. The summed E-state index contributed by atoms with van der Waals surface area (Å²) >= 11 is 0. The molecule has 2 aliphatic heterocycles. The maximum atomic E-state index is 3.30. The van der Waals surface area contributed by atoms with Crippen LogP contribution in [0, 0.1) is 0 Å². The van der Waals surface area contributed by atoms with Crippen molar-refractivity contribution < 1.29 is 0 Å². The second-order valence-corrected chi connectivity index (χ2v) is 5.73. The van der Waals surface area contributed by atoms with Crippen LogP contribution in [0.1, 0.15) is 25.7 Å². The van der Waals surface area contributed by atoms with Crippen molar-refractivity contribution in [3.05, 3.63) is 0 Å². The van der Waals surface area contributed by atoms with Crippen LogP contribution in [0.15, 0.2) is 0 Å². The van der Waals surface area contributed by atoms with E-state index in [1.54, 1.807) is 0 Å². The van der Waals surface area contributed by atoms with Gasteiger partial charge in [0.25, 0.3) is 0 Å². The van der Waals surface area contributed by atoms with Crippen LogP contribution in [0.4, 0.5) is 0 Å². The number of hydrogen-bond acceptors (Lipinski definition) is 4. The summed E-state index contributed by atoms with van der Waals surface area (Å²) in [6, 6.07) is 1.56. The zero-order valence-corrected chi connectivity index (χ0v) is 12.7. The number of nitrogens with one attached hydrogen (secondary N) is 2. The van der Waals surface area contributed by atoms with Gasteiger partial charge < -0.3 is 20.4 Å². The Balaban J connectivity index is 0.000000180. The van der Waals surface area contributed by atoms with Crippen molar-refractivity contribution in [3.63, 3.8) is 0 Å². The molecule has 0 spiro atoms. The number of hydrogen-bond donors (Lipinski definition) is 2. The summed E-state index contributed by atoms with van der Waals surface area (Å²) in [5, 5.41) is 6.60. The van der Waals surface area contributed by atoms with Crippen LogP contribution >= 0.6 is 0 Å². The Hall–Kier alpha value is -0.160. The zero-order chi connectivity index (χ0) is 13.4. The largest absolute Gasteiger partial charge is 0.317 e. The maximum absolute atomic E-state index is 3.30. The molecule has 0 atom stereocenters. The van der Waals surface area contributed by atoms with E-state index >= 15 is 0 Å². The summed E-state index contributed by atoms with van der Waals surface area (Å²) in [4.78, 5) is 4.77. The molecular formula is C14H32N4. The summed E-state index contributed by atoms with van der Waals surface area (Å²) < 4.78 is 0. The molecule has 0 unspecified atom stereocenters. The molecular weight excluding hydrogens is 224 g/mol. The molecule has 2 aliphatic rings. The first-order chi connectivity index (χ1) is 8.65. The second kappa shape index (κ2) is 8.86. The molecule has 0 aromatic rings. The molecule has 2 N–H and O–H groups in total. The predicted octanol–water partition coefficient (Wildman–Crippen LogP) is 0.600. The first-order valence-electron chi connectivity index (χ1n) is 7.37. The van der Waals surface area contributed by atoms with Crippen molar-refractivity contribution in [2.24, 2.45) is 0 Å². The van der Waals surface area contributed by atoms with E-state index in [0.29, 0.717) is 0 Å². The van der Waals surface area contributed by atoms with Crippen molar-refractivity contribution in [3.8, 4) is 0 Å². The van der Waals surface area contributed by atoms with Crippen LogP contribution in [-0.4, -0.2) is 76.3 Å². The number of likely N-dealkylation sites (tertiary alicyclic amines) is 2. The predicted molar refractivity (Wildman–Crippen MR) is 79.2 cm³/mol. The van der Waals surface area contributed by atoms with Crippen LogP contribution in [0.25, 0.3) is 0 Å². The quantitative estimate of drug-likeness (QED) is 0.757. The maximum Gasteiger partial charge on any atom is 0.00884 e. The average molecular weight is 256 g/mol. The summed E-state index contributed by atoms with van der Waals surface area (Å²) in [5.41, 5.74) is 0. The van der Waals surface area contributed by atoms with Crippen LogP contribution in [-0.2, 0) is 0 Å². The van der Waals surface area contributed by atoms with E-state index in [1.807, 2.05) is 0 Å². The van der Waals surface area contributed by atoms with Crippen LogP contribution < -0.4 is 10.6 Å². The van der Waals surface area contributed by atoms with Gasteiger partial charge in [-0.3, -0.25) is 0 Å². The van der Waals surface area contributed by atoms with Gasteiger partial charge in [0.1, 0.15) is 0 Å². The van der Waals surface area contributed by atoms with Crippen LogP contribution in [0.3, 0.4) is 0 Å². The van der Waals surface area contributed by atoms with Gasteiger partial charge in [0.15, 0.2) is 0 Å². The molecule has 4 heteroatoms. The highest BCUT2D eigenvalue weighted by atomic mass is 15.1. The summed E-state index contributed by atoms with van der Waals surface area (Å²) in [7, 11) is 8.48. The Kier molecular flexibility index (Phi) is 7.82. The van der Waals surface area contributed by atoms with Gasteiger partial charge in [0, 0.05) is 12.1 Å². The third-order valence-electron chi connectivity index (χ3n) is 4.25. The first kappa shape index (κ1) is 15.9. The molecule has 2 fully saturated rings. The van der Waals surface area contributed by atoms with Gasteiger partial charge in [-0.25, -0.2) is 0 Å². The molecule has 0 radical (unpaired) electrons. The van der Waals surface area contributed by atoms with E-state index in [2.05, 4.69) is 48.6 Å². The molecule has 2 rings (SSSR count). The third kappa shape index (κ3) is 6.14. The van der Waals surface area contributed by atoms with Gasteiger partial charge in [-0.2, -0.15) is 0 Å². The fourth-order valence-corrected chi connectivity index (χ4v) is 2.59. The van der Waals surface area contributed by atoms with Gasteiger partial charge >= 0.3 is 0 Å².